The van der Waals surface area contributed by atoms with Gasteiger partial charge >= 0.3 is 0 Å². The van der Waals surface area contributed by atoms with Crippen LogP contribution in [0, 0.1) is 0 Å². The molecule has 0 saturated carbocycles. The Balaban J connectivity index is 1.89. The Labute approximate surface area is 359 Å². The van der Waals surface area contributed by atoms with Gasteiger partial charge in [0, 0.05) is 6.42 Å². The molecule has 0 aliphatic carbocycles. The lowest BCUT2D eigenvalue weighted by Gasteiger charge is -2.46. The molecule has 12 atom stereocenters. The van der Waals surface area contributed by atoms with Crippen molar-refractivity contribution in [3.05, 3.63) is 48.6 Å². The van der Waals surface area contributed by atoms with Gasteiger partial charge in [-0.15, -0.1) is 0 Å². The van der Waals surface area contributed by atoms with Gasteiger partial charge in [-0.25, -0.2) is 0 Å². The summed E-state index contributed by atoms with van der Waals surface area (Å²) in [5, 5.41) is 86.3. The molecule has 2 aliphatic rings. The predicted molar refractivity (Wildman–Crippen MR) is 231 cm³/mol. The Kier molecular flexibility index (Phi) is 30.2. The van der Waals surface area contributed by atoms with Crippen LogP contribution in [0.4, 0.5) is 0 Å². The van der Waals surface area contributed by atoms with Gasteiger partial charge in [0.1, 0.15) is 48.8 Å². The Bertz CT molecular complexity index is 1200. The summed E-state index contributed by atoms with van der Waals surface area (Å²) in [6.07, 6.45) is 20.3. The third kappa shape index (κ3) is 21.4. The number of rotatable bonds is 33. The van der Waals surface area contributed by atoms with E-state index in [2.05, 4.69) is 55.6 Å². The summed E-state index contributed by atoms with van der Waals surface area (Å²) in [4.78, 5) is 13.1. The molecule has 2 saturated heterocycles. The van der Waals surface area contributed by atoms with E-state index in [1.807, 2.05) is 6.08 Å². The molecule has 9 N–H and O–H groups in total. The Hall–Kier alpha value is -2.05. The summed E-state index contributed by atoms with van der Waals surface area (Å²) in [6.45, 7) is 2.59. The Morgan fingerprint density at radius 2 is 1.12 bits per heavy atom. The summed E-state index contributed by atoms with van der Waals surface area (Å²) in [7, 11) is 0. The van der Waals surface area contributed by atoms with Crippen molar-refractivity contribution in [1.29, 1.82) is 0 Å². The molecule has 0 aromatic carbocycles. The fourth-order valence-corrected chi connectivity index (χ4v) is 7.20. The molecule has 2 rings (SSSR count). The maximum absolute atomic E-state index is 13.1. The molecule has 0 bridgehead atoms. The number of unbranched alkanes of at least 4 members (excludes halogenated alkanes) is 14. The van der Waals surface area contributed by atoms with E-state index >= 15 is 0 Å². The maximum atomic E-state index is 13.1. The highest BCUT2D eigenvalue weighted by molar-refractivity contribution is 5.76. The summed E-state index contributed by atoms with van der Waals surface area (Å²) < 4.78 is 22.6. The molecule has 12 unspecified atom stereocenters. The molecule has 14 heteroatoms. The minimum Gasteiger partial charge on any atom is -0.394 e. The SMILES string of the molecule is CC/C=C/CC/C=C/CC/C=C/C(O)C(COC1OC(CO)C(OC2OC(CO)C(O)C(O)C2O)C(O)C1O)NC(=O)CCCCCCC/C=C\CCCCCCCCC. The molecule has 348 valence electrons. The number of nitrogens with one attached hydrogen (secondary N) is 1. The lowest BCUT2D eigenvalue weighted by Crippen LogP contribution is -2.65. The second kappa shape index (κ2) is 33.5. The number of aliphatic hydroxyl groups is 8. The first-order chi connectivity index (χ1) is 29.1. The molecule has 0 spiro atoms. The summed E-state index contributed by atoms with van der Waals surface area (Å²) in [6, 6.07) is -0.939. The van der Waals surface area contributed by atoms with Gasteiger partial charge in [-0.2, -0.15) is 0 Å². The Morgan fingerprint density at radius 3 is 1.72 bits per heavy atom. The Morgan fingerprint density at radius 1 is 0.600 bits per heavy atom. The van der Waals surface area contributed by atoms with E-state index in [9.17, 15) is 45.6 Å². The van der Waals surface area contributed by atoms with Gasteiger partial charge in [0.15, 0.2) is 12.6 Å². The molecule has 2 heterocycles. The van der Waals surface area contributed by atoms with Crippen LogP contribution in [0.2, 0.25) is 0 Å². The molecule has 0 aromatic heterocycles. The number of hydrogen-bond acceptors (Lipinski definition) is 13. The monoisotopic (exact) mass is 856 g/mol. The van der Waals surface area contributed by atoms with Gasteiger partial charge in [0.2, 0.25) is 5.91 Å². The van der Waals surface area contributed by atoms with Gasteiger partial charge in [0.25, 0.3) is 0 Å². The van der Waals surface area contributed by atoms with Crippen molar-refractivity contribution in [2.24, 2.45) is 0 Å². The standard InChI is InChI=1S/C46H81NO13/c1-3-5-7-9-11-13-15-16-17-18-19-20-22-24-26-28-30-38(51)47-34(35(50)29-27-25-23-21-14-12-10-8-6-4-2)33-57-45-43(56)41(54)44(37(32-49)59-45)60-46-42(55)40(53)39(52)36(31-48)58-46/h6,8,14,17-18,21,27,29,34-37,39-46,48-50,52-56H,3-5,7,9-13,15-16,19-20,22-26,28,30-33H2,1-2H3,(H,47,51)/b8-6+,18-17-,21-14+,29-27+. The van der Waals surface area contributed by atoms with Crippen LogP contribution in [0.25, 0.3) is 0 Å². The van der Waals surface area contributed by atoms with Crippen molar-refractivity contribution in [1.82, 2.24) is 5.32 Å². The predicted octanol–water partition coefficient (Wildman–Crippen LogP) is 4.54. The smallest absolute Gasteiger partial charge is 0.220 e. The topological polar surface area (TPSA) is 228 Å². The number of allylic oxidation sites excluding steroid dienone is 7. The third-order valence-corrected chi connectivity index (χ3v) is 11.0. The van der Waals surface area contributed by atoms with Gasteiger partial charge in [-0.05, 0) is 64.2 Å². The number of carbonyl (C=O) groups is 1. The van der Waals surface area contributed by atoms with Crippen LogP contribution in [0.3, 0.4) is 0 Å². The second-order valence-corrected chi connectivity index (χ2v) is 16.1. The number of hydrogen-bond donors (Lipinski definition) is 9. The summed E-state index contributed by atoms with van der Waals surface area (Å²) >= 11 is 0. The van der Waals surface area contributed by atoms with Crippen molar-refractivity contribution < 1.29 is 64.6 Å². The first-order valence-electron chi connectivity index (χ1n) is 22.9. The first-order valence-corrected chi connectivity index (χ1v) is 22.9. The van der Waals surface area contributed by atoms with E-state index in [0.29, 0.717) is 12.8 Å². The van der Waals surface area contributed by atoms with Crippen LogP contribution in [0.15, 0.2) is 48.6 Å². The van der Waals surface area contributed by atoms with Crippen molar-refractivity contribution in [2.45, 2.75) is 216 Å². The highest BCUT2D eigenvalue weighted by Crippen LogP contribution is 2.30. The zero-order valence-electron chi connectivity index (χ0n) is 36.4. The van der Waals surface area contributed by atoms with Crippen LogP contribution < -0.4 is 5.32 Å². The normalized spacial score (nSPS) is 28.7. The lowest BCUT2D eigenvalue weighted by molar-refractivity contribution is -0.359. The summed E-state index contributed by atoms with van der Waals surface area (Å²) in [5.74, 6) is -0.268. The zero-order chi connectivity index (χ0) is 44.0. The van der Waals surface area contributed by atoms with E-state index in [4.69, 9.17) is 18.9 Å². The molecule has 0 aromatic rings. The largest absolute Gasteiger partial charge is 0.394 e. The minimum absolute atomic E-state index is 0.258. The van der Waals surface area contributed by atoms with E-state index in [-0.39, 0.29) is 18.9 Å². The van der Waals surface area contributed by atoms with Crippen molar-refractivity contribution >= 4 is 5.91 Å². The lowest BCUT2D eigenvalue weighted by atomic mass is 9.97. The second-order valence-electron chi connectivity index (χ2n) is 16.1. The molecule has 0 radical (unpaired) electrons. The van der Waals surface area contributed by atoms with Crippen molar-refractivity contribution in [3.8, 4) is 0 Å². The molecular weight excluding hydrogens is 774 g/mol. The van der Waals surface area contributed by atoms with Crippen LogP contribution in [0.5, 0.6) is 0 Å². The molecule has 14 nitrogen and oxygen atoms in total. The molecule has 2 aliphatic heterocycles. The molecular formula is C46H81NO13. The number of aliphatic hydroxyl groups excluding tert-OH is 8. The molecule has 2 fully saturated rings. The quantitative estimate of drug-likeness (QED) is 0.0327. The molecule has 1 amide bonds. The first kappa shape index (κ1) is 54.1. The average Bonchev–Trinajstić information content (AvgIpc) is 3.24. The van der Waals surface area contributed by atoms with E-state index in [1.54, 1.807) is 6.08 Å². The summed E-state index contributed by atoms with van der Waals surface area (Å²) in [5.41, 5.74) is 0. The van der Waals surface area contributed by atoms with Gasteiger partial charge in [-0.1, -0.05) is 120 Å². The number of ether oxygens (including phenoxy) is 4. The highest BCUT2D eigenvalue weighted by Gasteiger charge is 2.50. The molecule has 60 heavy (non-hydrogen) atoms. The van der Waals surface area contributed by atoms with Gasteiger partial charge in [0.05, 0.1) is 32.0 Å². The van der Waals surface area contributed by atoms with Crippen LogP contribution >= 0.6 is 0 Å². The zero-order valence-corrected chi connectivity index (χ0v) is 36.4. The van der Waals surface area contributed by atoms with Gasteiger partial charge < -0.3 is 65.1 Å². The van der Waals surface area contributed by atoms with E-state index in [0.717, 1.165) is 64.2 Å². The maximum Gasteiger partial charge on any atom is 0.220 e. The van der Waals surface area contributed by atoms with Crippen molar-refractivity contribution in [2.75, 3.05) is 19.8 Å². The minimum atomic E-state index is -1.79. The van der Waals surface area contributed by atoms with E-state index in [1.165, 1.54) is 44.9 Å². The average molecular weight is 856 g/mol. The van der Waals surface area contributed by atoms with Crippen LogP contribution in [0.1, 0.15) is 142 Å². The van der Waals surface area contributed by atoms with E-state index < -0.39 is 86.8 Å². The van der Waals surface area contributed by atoms with Crippen molar-refractivity contribution in [3.63, 3.8) is 0 Å². The van der Waals surface area contributed by atoms with Gasteiger partial charge in [-0.3, -0.25) is 4.79 Å². The third-order valence-electron chi connectivity index (χ3n) is 11.0. The fourth-order valence-electron chi connectivity index (χ4n) is 7.20. The highest BCUT2D eigenvalue weighted by atomic mass is 16.7. The number of carbonyl (C=O) groups excluding carboxylic acids is 1. The van der Waals surface area contributed by atoms with Crippen LogP contribution in [-0.4, -0.2) is 140 Å². The number of amides is 1. The fraction of sp³-hybridized carbons (Fsp3) is 0.804. The van der Waals surface area contributed by atoms with Crippen LogP contribution in [-0.2, 0) is 23.7 Å².